The Bertz CT molecular complexity index is 393. The maximum absolute atomic E-state index is 11.7. The van der Waals surface area contributed by atoms with E-state index in [1.165, 1.54) is 0 Å². The van der Waals surface area contributed by atoms with Gasteiger partial charge in [-0.1, -0.05) is 27.7 Å². The molecule has 4 nitrogen and oxygen atoms in total. The van der Waals surface area contributed by atoms with Crippen LogP contribution in [-0.4, -0.2) is 17.6 Å². The number of carbonyl (C=O) groups excluding carboxylic acids is 1. The highest BCUT2D eigenvalue weighted by Crippen LogP contribution is 2.28. The molecule has 0 aliphatic rings. The molecule has 1 aromatic rings. The Morgan fingerprint density at radius 2 is 2.00 bits per heavy atom. The lowest BCUT2D eigenvalue weighted by Gasteiger charge is -2.17. The minimum atomic E-state index is -0.421. The van der Waals surface area contributed by atoms with Gasteiger partial charge in [0.1, 0.15) is 0 Å². The first-order valence-corrected chi connectivity index (χ1v) is 6.13. The van der Waals surface area contributed by atoms with Gasteiger partial charge in [-0.25, -0.2) is 9.78 Å². The van der Waals surface area contributed by atoms with Crippen LogP contribution < -0.4 is 0 Å². The van der Waals surface area contributed by atoms with Gasteiger partial charge in [-0.05, 0) is 19.8 Å². The van der Waals surface area contributed by atoms with Gasteiger partial charge in [0.15, 0.2) is 0 Å². The predicted molar refractivity (Wildman–Crippen MR) is 65.2 cm³/mol. The van der Waals surface area contributed by atoms with Crippen LogP contribution in [0.2, 0.25) is 0 Å². The second-order valence-electron chi connectivity index (χ2n) is 4.61. The van der Waals surface area contributed by atoms with Crippen LogP contribution in [0.5, 0.6) is 0 Å². The fraction of sp³-hybridized carbons (Fsp3) is 0.692. The molecule has 1 rings (SSSR count). The van der Waals surface area contributed by atoms with E-state index in [1.807, 2.05) is 20.8 Å². The van der Waals surface area contributed by atoms with Crippen molar-refractivity contribution in [3.8, 4) is 0 Å². The zero-order valence-electron chi connectivity index (χ0n) is 11.3. The molecule has 0 bridgehead atoms. The number of oxazole rings is 1. The zero-order valence-corrected chi connectivity index (χ0v) is 11.3. The maximum atomic E-state index is 11.7. The summed E-state index contributed by atoms with van der Waals surface area (Å²) >= 11 is 0. The van der Waals surface area contributed by atoms with E-state index in [9.17, 15) is 4.79 Å². The van der Waals surface area contributed by atoms with Crippen LogP contribution in [-0.2, 0) is 16.6 Å². The number of rotatable bonds is 5. The first-order chi connectivity index (χ1) is 7.96. The van der Waals surface area contributed by atoms with Crippen LogP contribution in [0, 0.1) is 0 Å². The SMILES string of the molecule is CCOC(=O)c1oc(C(C)(C)CC)nc1CC. The predicted octanol–water partition coefficient (Wildman–Crippen LogP) is 3.10. The van der Waals surface area contributed by atoms with Crippen molar-refractivity contribution in [1.82, 2.24) is 4.98 Å². The van der Waals surface area contributed by atoms with Crippen LogP contribution in [0.3, 0.4) is 0 Å². The second kappa shape index (κ2) is 5.34. The van der Waals surface area contributed by atoms with Crippen LogP contribution >= 0.6 is 0 Å². The van der Waals surface area contributed by atoms with Crippen LogP contribution in [0.25, 0.3) is 0 Å². The number of aromatic nitrogens is 1. The van der Waals surface area contributed by atoms with Crippen molar-refractivity contribution in [3.05, 3.63) is 17.3 Å². The molecule has 0 spiro atoms. The molecule has 0 fully saturated rings. The molecule has 4 heteroatoms. The third-order valence-electron chi connectivity index (χ3n) is 2.96. The number of aryl methyl sites for hydroxylation is 1. The summed E-state index contributed by atoms with van der Waals surface area (Å²) in [5, 5.41) is 0. The molecule has 17 heavy (non-hydrogen) atoms. The number of carbonyl (C=O) groups is 1. The Balaban J connectivity index is 3.11. The standard InChI is InChI=1S/C13H21NO3/c1-6-9-10(11(15)16-8-3)17-12(14-9)13(4,5)7-2/h6-8H2,1-5H3. The van der Waals surface area contributed by atoms with Crippen molar-refractivity contribution in [2.24, 2.45) is 0 Å². The molecule has 0 aliphatic heterocycles. The quantitative estimate of drug-likeness (QED) is 0.741. The van der Waals surface area contributed by atoms with Gasteiger partial charge < -0.3 is 9.15 Å². The average molecular weight is 239 g/mol. The third-order valence-corrected chi connectivity index (χ3v) is 2.96. The largest absolute Gasteiger partial charge is 0.460 e. The lowest BCUT2D eigenvalue weighted by Crippen LogP contribution is -2.15. The summed E-state index contributed by atoms with van der Waals surface area (Å²) in [5.41, 5.74) is 0.522. The van der Waals surface area contributed by atoms with Gasteiger partial charge in [0.2, 0.25) is 11.7 Å². The van der Waals surface area contributed by atoms with E-state index in [2.05, 4.69) is 11.9 Å². The maximum Gasteiger partial charge on any atom is 0.376 e. The molecule has 1 aromatic heterocycles. The lowest BCUT2D eigenvalue weighted by atomic mass is 9.90. The molecular formula is C13H21NO3. The van der Waals surface area contributed by atoms with Gasteiger partial charge in [-0.3, -0.25) is 0 Å². The fourth-order valence-corrected chi connectivity index (χ4v) is 1.39. The second-order valence-corrected chi connectivity index (χ2v) is 4.61. The van der Waals surface area contributed by atoms with Gasteiger partial charge in [0.05, 0.1) is 12.3 Å². The van der Waals surface area contributed by atoms with Crippen molar-refractivity contribution < 1.29 is 13.9 Å². The third kappa shape index (κ3) is 2.87. The molecule has 96 valence electrons. The summed E-state index contributed by atoms with van der Waals surface area (Å²) in [6.45, 7) is 10.2. The molecule has 0 aliphatic carbocycles. The van der Waals surface area contributed by atoms with Crippen LogP contribution in [0.4, 0.5) is 0 Å². The van der Waals surface area contributed by atoms with E-state index >= 15 is 0 Å². The van der Waals surface area contributed by atoms with E-state index in [1.54, 1.807) is 6.92 Å². The first-order valence-electron chi connectivity index (χ1n) is 6.13. The van der Waals surface area contributed by atoms with E-state index in [0.717, 1.165) is 6.42 Å². The van der Waals surface area contributed by atoms with E-state index in [0.29, 0.717) is 24.6 Å². The Morgan fingerprint density at radius 3 is 2.47 bits per heavy atom. The van der Waals surface area contributed by atoms with Crippen LogP contribution in [0.15, 0.2) is 4.42 Å². The van der Waals surface area contributed by atoms with Gasteiger partial charge in [0.25, 0.3) is 0 Å². The van der Waals surface area contributed by atoms with Gasteiger partial charge in [-0.2, -0.15) is 0 Å². The Labute approximate surface area is 102 Å². The highest BCUT2D eigenvalue weighted by atomic mass is 16.5. The summed E-state index contributed by atoms with van der Waals surface area (Å²) < 4.78 is 10.5. The van der Waals surface area contributed by atoms with Crippen molar-refractivity contribution in [2.45, 2.75) is 52.9 Å². The van der Waals surface area contributed by atoms with Gasteiger partial charge in [-0.15, -0.1) is 0 Å². The number of ether oxygens (including phenoxy) is 1. The Kier molecular flexibility index (Phi) is 4.32. The minimum absolute atomic E-state index is 0.158. The Hall–Kier alpha value is -1.32. The van der Waals surface area contributed by atoms with Crippen molar-refractivity contribution in [1.29, 1.82) is 0 Å². The van der Waals surface area contributed by atoms with Gasteiger partial charge >= 0.3 is 5.97 Å². The molecule has 0 atom stereocenters. The summed E-state index contributed by atoms with van der Waals surface area (Å²) in [5.74, 6) is 0.445. The van der Waals surface area contributed by atoms with E-state index in [-0.39, 0.29) is 11.2 Å². The monoisotopic (exact) mass is 239 g/mol. The average Bonchev–Trinajstić information content (AvgIpc) is 2.74. The summed E-state index contributed by atoms with van der Waals surface area (Å²) in [6, 6.07) is 0. The molecular weight excluding hydrogens is 218 g/mol. The van der Waals surface area contributed by atoms with Gasteiger partial charge in [0, 0.05) is 5.41 Å². The highest BCUT2D eigenvalue weighted by Gasteiger charge is 2.28. The molecule has 0 N–H and O–H groups in total. The fourth-order valence-electron chi connectivity index (χ4n) is 1.39. The van der Waals surface area contributed by atoms with E-state index in [4.69, 9.17) is 9.15 Å². The number of nitrogens with zero attached hydrogens (tertiary/aromatic N) is 1. The first kappa shape index (κ1) is 13.7. The Morgan fingerprint density at radius 1 is 1.35 bits per heavy atom. The molecule has 0 aromatic carbocycles. The molecule has 0 saturated heterocycles. The van der Waals surface area contributed by atoms with Crippen molar-refractivity contribution in [3.63, 3.8) is 0 Å². The molecule has 0 radical (unpaired) electrons. The molecule has 1 heterocycles. The minimum Gasteiger partial charge on any atom is -0.460 e. The number of hydrogen-bond acceptors (Lipinski definition) is 4. The normalized spacial score (nSPS) is 11.6. The van der Waals surface area contributed by atoms with E-state index < -0.39 is 5.97 Å². The van der Waals surface area contributed by atoms with Crippen LogP contribution in [0.1, 0.15) is 63.2 Å². The summed E-state index contributed by atoms with van der Waals surface area (Å²) in [6.07, 6.45) is 1.57. The van der Waals surface area contributed by atoms with Crippen molar-refractivity contribution in [2.75, 3.05) is 6.61 Å². The molecule has 0 amide bonds. The topological polar surface area (TPSA) is 52.3 Å². The molecule has 0 saturated carbocycles. The summed E-state index contributed by atoms with van der Waals surface area (Å²) in [4.78, 5) is 16.1. The lowest BCUT2D eigenvalue weighted by molar-refractivity contribution is 0.0484. The molecule has 0 unspecified atom stereocenters. The number of hydrogen-bond donors (Lipinski definition) is 0. The summed E-state index contributed by atoms with van der Waals surface area (Å²) in [7, 11) is 0. The van der Waals surface area contributed by atoms with Crippen molar-refractivity contribution >= 4 is 5.97 Å². The number of esters is 1. The highest BCUT2D eigenvalue weighted by molar-refractivity contribution is 5.87. The zero-order chi connectivity index (χ0) is 13.1. The smallest absolute Gasteiger partial charge is 0.376 e.